The maximum absolute atomic E-state index is 12.4. The van der Waals surface area contributed by atoms with Crippen molar-refractivity contribution < 1.29 is 9.90 Å². The number of carbonyl (C=O) groups is 1. The number of aromatic amines is 1. The van der Waals surface area contributed by atoms with Crippen LogP contribution in [0.2, 0.25) is 0 Å². The van der Waals surface area contributed by atoms with Gasteiger partial charge in [-0.15, -0.1) is 0 Å². The van der Waals surface area contributed by atoms with E-state index >= 15 is 0 Å². The highest BCUT2D eigenvalue weighted by Crippen LogP contribution is 2.55. The number of piperidine rings is 1. The fourth-order valence-corrected chi connectivity index (χ4v) is 5.18. The Bertz CT molecular complexity index is 781. The van der Waals surface area contributed by atoms with E-state index < -0.39 is 16.9 Å². The van der Waals surface area contributed by atoms with Crippen LogP contribution in [0.15, 0.2) is 24.3 Å². The van der Waals surface area contributed by atoms with Gasteiger partial charge in [-0.2, -0.15) is 0 Å². The summed E-state index contributed by atoms with van der Waals surface area (Å²) in [5.41, 5.74) is 2.40. The zero-order chi connectivity index (χ0) is 16.2. The van der Waals surface area contributed by atoms with E-state index in [1.54, 1.807) is 0 Å². The Balaban J connectivity index is 2.02. The van der Waals surface area contributed by atoms with Gasteiger partial charge in [0.05, 0.1) is 11.0 Å². The summed E-state index contributed by atoms with van der Waals surface area (Å²) in [5, 5.41) is 11.4. The third-order valence-electron chi connectivity index (χ3n) is 6.54. The molecule has 2 N–H and O–H groups in total. The average molecular weight is 312 g/mol. The van der Waals surface area contributed by atoms with Crippen molar-refractivity contribution in [3.05, 3.63) is 35.5 Å². The smallest absolute Gasteiger partial charge is 0.311 e. The number of benzene rings is 1. The van der Waals surface area contributed by atoms with Gasteiger partial charge < -0.3 is 10.1 Å². The molecule has 2 atom stereocenters. The molecular weight excluding hydrogens is 288 g/mol. The molecule has 4 heteroatoms. The fourth-order valence-electron chi connectivity index (χ4n) is 5.18. The molecule has 0 spiro atoms. The molecule has 2 aromatic rings. The number of nitrogens with zero attached hydrogens (tertiary/aromatic N) is 1. The lowest BCUT2D eigenvalue weighted by Gasteiger charge is -2.57. The van der Waals surface area contributed by atoms with Crippen molar-refractivity contribution in [2.45, 2.75) is 45.1 Å². The predicted molar refractivity (Wildman–Crippen MR) is 90.5 cm³/mol. The minimum absolute atomic E-state index is 0.460. The van der Waals surface area contributed by atoms with Crippen LogP contribution in [0.4, 0.5) is 0 Å². The van der Waals surface area contributed by atoms with Crippen LogP contribution in [0.1, 0.15) is 44.4 Å². The third kappa shape index (κ3) is 1.67. The number of carboxylic acids is 1. The van der Waals surface area contributed by atoms with E-state index in [9.17, 15) is 9.90 Å². The summed E-state index contributed by atoms with van der Waals surface area (Å²) < 4.78 is 0. The van der Waals surface area contributed by atoms with Crippen molar-refractivity contribution in [2.75, 3.05) is 13.1 Å². The van der Waals surface area contributed by atoms with Gasteiger partial charge in [0.2, 0.25) is 0 Å². The Morgan fingerprint density at radius 2 is 2.13 bits per heavy atom. The summed E-state index contributed by atoms with van der Waals surface area (Å²) in [7, 11) is 0. The molecule has 2 unspecified atom stereocenters. The molecule has 0 amide bonds. The number of hydrogen-bond acceptors (Lipinski definition) is 2. The Morgan fingerprint density at radius 3 is 2.87 bits per heavy atom. The third-order valence-corrected chi connectivity index (χ3v) is 6.54. The van der Waals surface area contributed by atoms with Gasteiger partial charge in [-0.25, -0.2) is 0 Å². The molecule has 1 aromatic heterocycles. The first-order valence-electron chi connectivity index (χ1n) is 8.63. The summed E-state index contributed by atoms with van der Waals surface area (Å²) >= 11 is 0. The highest BCUT2D eigenvalue weighted by Gasteiger charge is 2.60. The molecule has 4 nitrogen and oxygen atoms in total. The maximum atomic E-state index is 12.4. The number of aliphatic carboxylic acids is 1. The number of nitrogens with one attached hydrogen (secondary N) is 1. The summed E-state index contributed by atoms with van der Waals surface area (Å²) in [5.74, 6) is -0.654. The van der Waals surface area contributed by atoms with Crippen LogP contribution in [-0.2, 0) is 16.8 Å². The van der Waals surface area contributed by atoms with E-state index in [1.807, 2.05) is 13.0 Å². The van der Waals surface area contributed by atoms with Crippen molar-refractivity contribution in [3.8, 4) is 0 Å². The van der Waals surface area contributed by atoms with E-state index in [0.717, 1.165) is 43.6 Å². The van der Waals surface area contributed by atoms with Gasteiger partial charge in [0.1, 0.15) is 0 Å². The molecule has 0 aliphatic carbocycles. The second kappa shape index (κ2) is 4.84. The molecule has 1 saturated heterocycles. The Morgan fingerprint density at radius 1 is 1.35 bits per heavy atom. The van der Waals surface area contributed by atoms with Crippen LogP contribution in [0.5, 0.6) is 0 Å². The number of fused-ring (bicyclic) bond motifs is 5. The van der Waals surface area contributed by atoms with Crippen molar-refractivity contribution in [2.24, 2.45) is 5.41 Å². The quantitative estimate of drug-likeness (QED) is 0.892. The molecule has 4 rings (SSSR count). The first kappa shape index (κ1) is 14.8. The van der Waals surface area contributed by atoms with Crippen molar-refractivity contribution in [1.82, 2.24) is 9.88 Å². The van der Waals surface area contributed by atoms with E-state index in [-0.39, 0.29) is 0 Å². The van der Waals surface area contributed by atoms with Crippen LogP contribution in [0.25, 0.3) is 10.9 Å². The summed E-state index contributed by atoms with van der Waals surface area (Å²) in [4.78, 5) is 18.4. The summed E-state index contributed by atoms with van der Waals surface area (Å²) in [6.45, 7) is 6.11. The van der Waals surface area contributed by atoms with Crippen LogP contribution >= 0.6 is 0 Å². The van der Waals surface area contributed by atoms with Crippen LogP contribution < -0.4 is 0 Å². The molecule has 0 bridgehead atoms. The lowest BCUT2D eigenvalue weighted by Crippen LogP contribution is -2.64. The molecule has 3 heterocycles. The van der Waals surface area contributed by atoms with Crippen LogP contribution in [0.3, 0.4) is 0 Å². The van der Waals surface area contributed by atoms with Crippen LogP contribution in [0, 0.1) is 5.41 Å². The van der Waals surface area contributed by atoms with E-state index in [4.69, 9.17) is 0 Å². The number of aromatic nitrogens is 1. The van der Waals surface area contributed by atoms with Gasteiger partial charge in [0.25, 0.3) is 0 Å². The second-order valence-electron chi connectivity index (χ2n) is 7.18. The van der Waals surface area contributed by atoms with Gasteiger partial charge >= 0.3 is 5.97 Å². The topological polar surface area (TPSA) is 56.3 Å². The molecular formula is C19H24N2O2. The first-order chi connectivity index (χ1) is 11.0. The number of H-pyrrole nitrogens is 1. The predicted octanol–water partition coefficient (Wildman–Crippen LogP) is 3.52. The zero-order valence-electron chi connectivity index (χ0n) is 13.9. The van der Waals surface area contributed by atoms with E-state index in [0.29, 0.717) is 6.42 Å². The SMILES string of the molecule is CCC1(C(=O)O)CCCN2CCc3c([nH]c4ccccc34)C21C. The Kier molecular flexibility index (Phi) is 3.11. The summed E-state index contributed by atoms with van der Waals surface area (Å²) in [6, 6.07) is 8.35. The van der Waals surface area contributed by atoms with Crippen molar-refractivity contribution in [3.63, 3.8) is 0 Å². The van der Waals surface area contributed by atoms with Crippen molar-refractivity contribution >= 4 is 16.9 Å². The first-order valence-corrected chi connectivity index (χ1v) is 8.63. The largest absolute Gasteiger partial charge is 0.481 e. The molecule has 23 heavy (non-hydrogen) atoms. The van der Waals surface area contributed by atoms with E-state index in [2.05, 4.69) is 35.0 Å². The van der Waals surface area contributed by atoms with E-state index in [1.165, 1.54) is 10.9 Å². The van der Waals surface area contributed by atoms with Gasteiger partial charge in [-0.3, -0.25) is 9.69 Å². The Labute approximate surface area is 136 Å². The summed E-state index contributed by atoms with van der Waals surface area (Å²) in [6.07, 6.45) is 3.37. The number of carboxylic acid groups (broad SMARTS) is 1. The molecule has 2 aliphatic heterocycles. The Hall–Kier alpha value is -1.81. The molecule has 0 saturated carbocycles. The zero-order valence-corrected chi connectivity index (χ0v) is 13.9. The minimum atomic E-state index is -0.721. The molecule has 122 valence electrons. The second-order valence-corrected chi connectivity index (χ2v) is 7.18. The number of rotatable bonds is 2. The molecule has 2 aliphatic rings. The highest BCUT2D eigenvalue weighted by atomic mass is 16.4. The number of hydrogen-bond donors (Lipinski definition) is 2. The molecule has 1 fully saturated rings. The van der Waals surface area contributed by atoms with Crippen LogP contribution in [-0.4, -0.2) is 34.0 Å². The lowest BCUT2D eigenvalue weighted by molar-refractivity contribution is -0.170. The average Bonchev–Trinajstić information content (AvgIpc) is 2.94. The highest BCUT2D eigenvalue weighted by molar-refractivity contribution is 5.86. The fraction of sp³-hybridized carbons (Fsp3) is 0.526. The van der Waals surface area contributed by atoms with Gasteiger partial charge in [0, 0.05) is 23.1 Å². The molecule has 0 radical (unpaired) electrons. The van der Waals surface area contributed by atoms with Gasteiger partial charge in [-0.05, 0) is 50.8 Å². The monoisotopic (exact) mass is 312 g/mol. The maximum Gasteiger partial charge on any atom is 0.311 e. The van der Waals surface area contributed by atoms with Gasteiger partial charge in [0.15, 0.2) is 0 Å². The lowest BCUT2D eigenvalue weighted by atomic mass is 9.59. The molecule has 1 aromatic carbocycles. The van der Waals surface area contributed by atoms with Gasteiger partial charge in [-0.1, -0.05) is 25.1 Å². The standard InChI is InChI=1S/C19H24N2O2/c1-3-19(17(22)23)10-6-11-21-12-9-14-13-7-4-5-8-15(13)20-16(14)18(19,21)2/h4-5,7-8,20H,3,6,9-12H2,1-2H3,(H,22,23). The number of para-hydroxylation sites is 1. The van der Waals surface area contributed by atoms with Crippen molar-refractivity contribution in [1.29, 1.82) is 0 Å². The minimum Gasteiger partial charge on any atom is -0.481 e. The normalized spacial score (nSPS) is 30.9.